The number of benzene rings is 1. The molecule has 0 aromatic heterocycles. The highest BCUT2D eigenvalue weighted by Gasteiger charge is 2.43. The monoisotopic (exact) mass is 699 g/mol. The predicted octanol–water partition coefficient (Wildman–Crippen LogP) is 5.76. The Bertz CT molecular complexity index is 682. The molecule has 3 rings (SSSR count). The van der Waals surface area contributed by atoms with Gasteiger partial charge in [-0.3, -0.25) is 0 Å². The average Bonchev–Trinajstić information content (AvgIpc) is 2.88. The van der Waals surface area contributed by atoms with Crippen molar-refractivity contribution in [3.8, 4) is 5.75 Å². The van der Waals surface area contributed by atoms with Crippen molar-refractivity contribution >= 4 is 107 Å². The van der Waals surface area contributed by atoms with Crippen LogP contribution in [0.25, 0.3) is 0 Å². The summed E-state index contributed by atoms with van der Waals surface area (Å²) >= 11 is 20.9. The summed E-state index contributed by atoms with van der Waals surface area (Å²) in [5.41, 5.74) is 0.915. The maximum atomic E-state index is 5.49. The molecule has 2 aliphatic heterocycles. The van der Waals surface area contributed by atoms with Gasteiger partial charge in [0.1, 0.15) is 12.5 Å². The number of halogens is 6. The fourth-order valence-electron chi connectivity index (χ4n) is 2.10. The fraction of sp³-hybridized carbons (Fsp3) is 0.333. The molecule has 0 saturated heterocycles. The smallest absolute Gasteiger partial charge is 0.208 e. The van der Waals surface area contributed by atoms with Gasteiger partial charge in [0.15, 0.2) is 15.9 Å². The summed E-state index contributed by atoms with van der Waals surface area (Å²) in [6.45, 7) is 0.339. The Morgan fingerprint density at radius 2 is 1.74 bits per heavy atom. The first-order valence-electron chi connectivity index (χ1n) is 6.14. The van der Waals surface area contributed by atoms with E-state index in [1.54, 1.807) is 0 Å². The normalized spacial score (nSPS) is 21.5. The van der Waals surface area contributed by atoms with Crippen LogP contribution in [0, 0.1) is 0 Å². The first kappa shape index (κ1) is 18.8. The van der Waals surface area contributed by atoms with Crippen molar-refractivity contribution in [2.75, 3.05) is 6.67 Å². The lowest BCUT2D eigenvalue weighted by atomic mass is 10.1. The first-order chi connectivity index (χ1) is 10.7. The summed E-state index contributed by atoms with van der Waals surface area (Å²) in [4.78, 5) is 21.7. The van der Waals surface area contributed by atoms with Gasteiger partial charge in [-0.15, -0.1) is 0 Å². The SMILES string of the molecule is BrC(Br)(Br)C1=NCN(C2OOc3ccccc32)C(C(Br)(Br)Br)=N1. The van der Waals surface area contributed by atoms with E-state index in [9.17, 15) is 0 Å². The molecule has 0 spiro atoms. The van der Waals surface area contributed by atoms with Crippen LogP contribution in [0.5, 0.6) is 5.75 Å². The Kier molecular flexibility index (Phi) is 5.68. The lowest BCUT2D eigenvalue weighted by Gasteiger charge is -2.35. The van der Waals surface area contributed by atoms with E-state index in [-0.39, 0.29) is 0 Å². The third kappa shape index (κ3) is 4.06. The van der Waals surface area contributed by atoms with E-state index in [4.69, 9.17) is 9.78 Å². The molecule has 23 heavy (non-hydrogen) atoms. The van der Waals surface area contributed by atoms with Crippen molar-refractivity contribution in [3.05, 3.63) is 29.8 Å². The van der Waals surface area contributed by atoms with E-state index >= 15 is 0 Å². The van der Waals surface area contributed by atoms with Crippen molar-refractivity contribution < 1.29 is 9.78 Å². The van der Waals surface area contributed by atoms with Gasteiger partial charge in [-0.25, -0.2) is 9.98 Å². The predicted molar refractivity (Wildman–Crippen MR) is 111 cm³/mol. The van der Waals surface area contributed by atoms with Gasteiger partial charge in [-0.1, -0.05) is 114 Å². The number of nitrogens with zero attached hydrogens (tertiary/aromatic N) is 3. The number of amidine groups is 2. The molecule has 0 fully saturated rings. The Balaban J connectivity index is 1.98. The van der Waals surface area contributed by atoms with Crippen LogP contribution in [0.3, 0.4) is 0 Å². The topological polar surface area (TPSA) is 46.4 Å². The number of para-hydroxylation sites is 1. The first-order valence-corrected chi connectivity index (χ1v) is 10.9. The van der Waals surface area contributed by atoms with Gasteiger partial charge in [-0.2, -0.15) is 4.89 Å². The summed E-state index contributed by atoms with van der Waals surface area (Å²) in [5, 5.41) is 0. The second-order valence-corrected chi connectivity index (χ2v) is 18.1. The Labute approximate surface area is 183 Å². The molecule has 11 heteroatoms. The van der Waals surface area contributed by atoms with Gasteiger partial charge in [0.25, 0.3) is 0 Å². The molecule has 0 N–H and O–H groups in total. The van der Waals surface area contributed by atoms with Gasteiger partial charge in [0.2, 0.25) is 6.23 Å². The number of hydrogen-bond donors (Lipinski definition) is 0. The van der Waals surface area contributed by atoms with Crippen LogP contribution in [0.15, 0.2) is 34.3 Å². The zero-order valence-corrected chi connectivity index (χ0v) is 20.5. The van der Waals surface area contributed by atoms with E-state index < -0.39 is 10.5 Å². The quantitative estimate of drug-likeness (QED) is 0.276. The number of fused-ring (bicyclic) bond motifs is 1. The molecule has 1 unspecified atom stereocenters. The molecular weight excluding hydrogens is 698 g/mol. The van der Waals surface area contributed by atoms with E-state index in [0.29, 0.717) is 24.1 Å². The summed E-state index contributed by atoms with van der Waals surface area (Å²) < 4.78 is -1.44. The highest BCUT2D eigenvalue weighted by molar-refractivity contribution is 9.40. The molecule has 124 valence electrons. The Morgan fingerprint density at radius 1 is 1.04 bits per heavy atom. The minimum atomic E-state index is -0.743. The lowest BCUT2D eigenvalue weighted by molar-refractivity contribution is -0.252. The molecule has 1 aromatic rings. The second-order valence-electron chi connectivity index (χ2n) is 4.59. The van der Waals surface area contributed by atoms with Crippen molar-refractivity contribution in [2.45, 2.75) is 10.5 Å². The van der Waals surface area contributed by atoms with E-state index in [1.165, 1.54) is 0 Å². The van der Waals surface area contributed by atoms with Crippen molar-refractivity contribution in [1.29, 1.82) is 0 Å². The van der Waals surface area contributed by atoms with E-state index in [0.717, 1.165) is 5.56 Å². The third-order valence-electron chi connectivity index (χ3n) is 3.06. The van der Waals surface area contributed by atoms with Gasteiger partial charge in [0.05, 0.1) is 5.56 Å². The molecule has 1 aromatic carbocycles. The summed E-state index contributed by atoms with van der Waals surface area (Å²) in [6.07, 6.45) is -0.447. The third-order valence-corrected chi connectivity index (χ3v) is 5.19. The van der Waals surface area contributed by atoms with Gasteiger partial charge >= 0.3 is 0 Å². The standard InChI is InChI=1S/C12H7Br6N3O2/c13-11(14,15)9-19-5-21(10(20-9)12(16,17)18)8-6-3-1-2-4-7(6)22-23-8/h1-4,8H,5H2. The van der Waals surface area contributed by atoms with Crippen LogP contribution in [-0.2, 0) is 4.89 Å². The number of alkyl halides is 6. The van der Waals surface area contributed by atoms with Gasteiger partial charge < -0.3 is 9.79 Å². The van der Waals surface area contributed by atoms with Crippen LogP contribution in [0.1, 0.15) is 11.8 Å². The minimum absolute atomic E-state index is 0.339. The maximum absolute atomic E-state index is 5.49. The number of hydrogen-bond acceptors (Lipinski definition) is 5. The lowest BCUT2D eigenvalue weighted by Crippen LogP contribution is -2.45. The summed E-state index contributed by atoms with van der Waals surface area (Å²) in [7, 11) is 0. The fourth-order valence-corrected chi connectivity index (χ4v) is 3.70. The largest absolute Gasteiger partial charge is 0.335 e. The average molecular weight is 705 g/mol. The van der Waals surface area contributed by atoms with Crippen LogP contribution in [-0.4, -0.2) is 27.5 Å². The molecule has 0 amide bonds. The molecule has 0 bridgehead atoms. The second kappa shape index (κ2) is 6.96. The Morgan fingerprint density at radius 3 is 2.39 bits per heavy atom. The van der Waals surface area contributed by atoms with E-state index in [2.05, 4.69) is 106 Å². The highest BCUT2D eigenvalue weighted by Crippen LogP contribution is 2.45. The molecule has 2 heterocycles. The molecule has 2 aliphatic rings. The summed E-state index contributed by atoms with van der Waals surface area (Å²) in [6, 6.07) is 7.63. The molecule has 0 saturated carbocycles. The molecule has 0 aliphatic carbocycles. The number of aliphatic imine (C=N–C) groups is 2. The highest BCUT2D eigenvalue weighted by atomic mass is 80.0. The molecule has 1 atom stereocenters. The van der Waals surface area contributed by atoms with Crippen LogP contribution < -0.4 is 4.89 Å². The van der Waals surface area contributed by atoms with Gasteiger partial charge in [-0.05, 0) is 6.07 Å². The zero-order valence-electron chi connectivity index (χ0n) is 11.0. The minimum Gasteiger partial charge on any atom is -0.335 e. The van der Waals surface area contributed by atoms with Crippen molar-refractivity contribution in [1.82, 2.24) is 4.90 Å². The maximum Gasteiger partial charge on any atom is 0.208 e. The Hall–Kier alpha value is 1.00. The molecular formula is C12H7Br6N3O2. The molecule has 0 radical (unpaired) electrons. The van der Waals surface area contributed by atoms with Crippen LogP contribution in [0.4, 0.5) is 0 Å². The van der Waals surface area contributed by atoms with E-state index in [1.807, 2.05) is 29.2 Å². The van der Waals surface area contributed by atoms with Crippen LogP contribution >= 0.6 is 95.6 Å². The summed E-state index contributed by atoms with van der Waals surface area (Å²) in [5.74, 6) is 1.86. The number of rotatable bonds is 1. The molecule has 5 nitrogen and oxygen atoms in total. The van der Waals surface area contributed by atoms with Gasteiger partial charge in [0, 0.05) is 0 Å². The van der Waals surface area contributed by atoms with Crippen LogP contribution in [0.2, 0.25) is 0 Å². The van der Waals surface area contributed by atoms with Crippen molar-refractivity contribution in [3.63, 3.8) is 0 Å². The zero-order chi connectivity index (χ0) is 16.8. The van der Waals surface area contributed by atoms with Crippen molar-refractivity contribution in [2.24, 2.45) is 9.98 Å².